The minimum atomic E-state index is -0.838. The molecule has 0 spiro atoms. The maximum atomic E-state index is 13.8. The Morgan fingerprint density at radius 3 is 2.61 bits per heavy atom. The zero-order valence-electron chi connectivity index (χ0n) is 21.9. The lowest BCUT2D eigenvalue weighted by atomic mass is 9.96. The molecular formula is C30H22Cl2N2O6S. The van der Waals surface area contributed by atoms with E-state index in [4.69, 9.17) is 37.1 Å². The number of nitrogens with zero attached hydrogens (tertiary/aromatic N) is 2. The Balaban J connectivity index is 1.61. The summed E-state index contributed by atoms with van der Waals surface area (Å²) in [5, 5.41) is 0.982. The van der Waals surface area contributed by atoms with E-state index in [-0.39, 0.29) is 17.7 Å². The standard InChI is InChI=1S/C30H22Cl2N2O6S/c1-4-13-38-29(37)26-16(2)33-30-34(27(26)18-5-8-20(9-6-18)39-17(3)35)28(36)25(41-30)15-21-10-12-24(40-21)22-14-19(31)7-11-23(22)32/h4-12,14-15,27H,1,13H2,2-3H3. The van der Waals surface area contributed by atoms with Gasteiger partial charge in [-0.05, 0) is 55.0 Å². The minimum absolute atomic E-state index is 0.00435. The summed E-state index contributed by atoms with van der Waals surface area (Å²) >= 11 is 13.6. The number of hydrogen-bond acceptors (Lipinski definition) is 8. The molecule has 2 aromatic heterocycles. The Morgan fingerprint density at radius 1 is 1.15 bits per heavy atom. The van der Waals surface area contributed by atoms with Crippen molar-refractivity contribution in [1.82, 2.24) is 4.57 Å². The van der Waals surface area contributed by atoms with Crippen LogP contribution in [0.25, 0.3) is 17.4 Å². The highest BCUT2D eigenvalue weighted by molar-refractivity contribution is 7.07. The molecule has 1 aliphatic heterocycles. The van der Waals surface area contributed by atoms with E-state index < -0.39 is 18.0 Å². The molecule has 4 aromatic rings. The fraction of sp³-hybridized carbons (Fsp3) is 0.133. The monoisotopic (exact) mass is 608 g/mol. The van der Waals surface area contributed by atoms with Gasteiger partial charge in [-0.3, -0.25) is 14.2 Å². The predicted molar refractivity (Wildman–Crippen MR) is 157 cm³/mol. The van der Waals surface area contributed by atoms with Crippen LogP contribution in [0.5, 0.6) is 5.75 Å². The molecule has 0 aliphatic carbocycles. The number of hydrogen-bond donors (Lipinski definition) is 0. The highest BCUT2D eigenvalue weighted by Crippen LogP contribution is 2.33. The molecule has 0 saturated heterocycles. The van der Waals surface area contributed by atoms with Crippen LogP contribution in [0.15, 0.2) is 92.7 Å². The summed E-state index contributed by atoms with van der Waals surface area (Å²) in [4.78, 5) is 43.3. The SMILES string of the molecule is C=CCOC(=O)C1=C(C)N=c2sc(=Cc3ccc(-c4cc(Cl)ccc4Cl)o3)c(=O)n2C1c1ccc(OC(C)=O)cc1. The molecule has 0 N–H and O–H groups in total. The number of aromatic nitrogens is 1. The zero-order chi connectivity index (χ0) is 29.3. The van der Waals surface area contributed by atoms with Gasteiger partial charge in [0.2, 0.25) is 0 Å². The average Bonchev–Trinajstić information content (AvgIpc) is 3.52. The van der Waals surface area contributed by atoms with Gasteiger partial charge in [0.15, 0.2) is 4.80 Å². The van der Waals surface area contributed by atoms with Crippen LogP contribution in [0.4, 0.5) is 0 Å². The fourth-order valence-corrected chi connectivity index (χ4v) is 5.79. The van der Waals surface area contributed by atoms with E-state index in [2.05, 4.69) is 11.6 Å². The number of halogens is 2. The molecule has 41 heavy (non-hydrogen) atoms. The third-order valence-electron chi connectivity index (χ3n) is 6.13. The van der Waals surface area contributed by atoms with E-state index in [0.29, 0.717) is 53.5 Å². The molecule has 1 aliphatic rings. The van der Waals surface area contributed by atoms with Crippen molar-refractivity contribution in [2.75, 3.05) is 6.61 Å². The highest BCUT2D eigenvalue weighted by Gasteiger charge is 2.33. The zero-order valence-corrected chi connectivity index (χ0v) is 24.2. The Labute approximate surface area is 248 Å². The Kier molecular flexibility index (Phi) is 8.12. The second kappa shape index (κ2) is 11.7. The Hall–Kier alpha value is -4.18. The summed E-state index contributed by atoms with van der Waals surface area (Å²) < 4.78 is 18.3. The largest absolute Gasteiger partial charge is 0.458 e. The van der Waals surface area contributed by atoms with Gasteiger partial charge in [-0.15, -0.1) is 0 Å². The molecule has 0 amide bonds. The third-order valence-corrected chi connectivity index (χ3v) is 7.67. The van der Waals surface area contributed by atoms with Gasteiger partial charge >= 0.3 is 11.9 Å². The van der Waals surface area contributed by atoms with Gasteiger partial charge in [-0.1, -0.05) is 59.3 Å². The van der Waals surface area contributed by atoms with Gasteiger partial charge < -0.3 is 13.9 Å². The first kappa shape index (κ1) is 28.4. The minimum Gasteiger partial charge on any atom is -0.458 e. The Morgan fingerprint density at radius 2 is 1.90 bits per heavy atom. The van der Waals surface area contributed by atoms with E-state index in [9.17, 15) is 14.4 Å². The molecule has 8 nitrogen and oxygen atoms in total. The molecule has 2 aromatic carbocycles. The molecule has 3 heterocycles. The fourth-order valence-electron chi connectivity index (χ4n) is 4.39. The number of carbonyl (C=O) groups is 2. The summed E-state index contributed by atoms with van der Waals surface area (Å²) in [5.41, 5.74) is 1.47. The van der Waals surface area contributed by atoms with Crippen molar-refractivity contribution in [1.29, 1.82) is 0 Å². The van der Waals surface area contributed by atoms with Crippen LogP contribution in [0.2, 0.25) is 10.0 Å². The van der Waals surface area contributed by atoms with Crippen molar-refractivity contribution >= 4 is 52.6 Å². The van der Waals surface area contributed by atoms with Gasteiger partial charge in [-0.2, -0.15) is 0 Å². The number of rotatable bonds is 7. The lowest BCUT2D eigenvalue weighted by molar-refractivity contribution is -0.138. The highest BCUT2D eigenvalue weighted by atomic mass is 35.5. The van der Waals surface area contributed by atoms with Crippen molar-refractivity contribution in [2.24, 2.45) is 4.99 Å². The van der Waals surface area contributed by atoms with Crippen LogP contribution in [-0.2, 0) is 14.3 Å². The summed E-state index contributed by atoms with van der Waals surface area (Å²) in [7, 11) is 0. The maximum absolute atomic E-state index is 13.8. The van der Waals surface area contributed by atoms with E-state index >= 15 is 0 Å². The van der Waals surface area contributed by atoms with Gasteiger partial charge in [0.1, 0.15) is 23.9 Å². The quantitative estimate of drug-likeness (QED) is 0.157. The first-order chi connectivity index (χ1) is 19.7. The first-order valence-corrected chi connectivity index (χ1v) is 13.9. The number of allylic oxidation sites excluding steroid dienone is 1. The Bertz CT molecular complexity index is 1900. The van der Waals surface area contributed by atoms with E-state index in [0.717, 1.165) is 11.3 Å². The second-order valence-electron chi connectivity index (χ2n) is 8.96. The number of furan rings is 1. The van der Waals surface area contributed by atoms with E-state index in [1.165, 1.54) is 17.6 Å². The summed E-state index contributed by atoms with van der Waals surface area (Å²) in [5.74, 6) is 0.159. The van der Waals surface area contributed by atoms with Crippen molar-refractivity contribution in [3.63, 3.8) is 0 Å². The van der Waals surface area contributed by atoms with Crippen LogP contribution < -0.4 is 19.6 Å². The van der Waals surface area contributed by atoms with Crippen LogP contribution in [0.3, 0.4) is 0 Å². The number of esters is 2. The van der Waals surface area contributed by atoms with E-state index in [1.54, 1.807) is 67.6 Å². The average molecular weight is 609 g/mol. The topological polar surface area (TPSA) is 100 Å². The molecule has 0 radical (unpaired) electrons. The molecule has 5 rings (SSSR count). The van der Waals surface area contributed by atoms with Crippen molar-refractivity contribution < 1.29 is 23.5 Å². The van der Waals surface area contributed by atoms with Crippen LogP contribution >= 0.6 is 34.5 Å². The summed E-state index contributed by atoms with van der Waals surface area (Å²) in [6.07, 6.45) is 3.07. The van der Waals surface area contributed by atoms with Crippen molar-refractivity contribution in [2.45, 2.75) is 19.9 Å². The second-order valence-corrected chi connectivity index (χ2v) is 10.8. The molecule has 1 atom stereocenters. The van der Waals surface area contributed by atoms with E-state index in [1.807, 2.05) is 0 Å². The number of fused-ring (bicyclic) bond motifs is 1. The molecule has 11 heteroatoms. The molecule has 0 saturated carbocycles. The first-order valence-electron chi connectivity index (χ1n) is 12.3. The van der Waals surface area contributed by atoms with Crippen LogP contribution in [0.1, 0.15) is 31.2 Å². The van der Waals surface area contributed by atoms with Gasteiger partial charge in [0.25, 0.3) is 5.56 Å². The maximum Gasteiger partial charge on any atom is 0.338 e. The van der Waals surface area contributed by atoms with Crippen LogP contribution in [0, 0.1) is 0 Å². The number of ether oxygens (including phenoxy) is 2. The predicted octanol–water partition coefficient (Wildman–Crippen LogP) is 5.46. The molecule has 0 fully saturated rings. The molecular weight excluding hydrogens is 587 g/mol. The summed E-state index contributed by atoms with van der Waals surface area (Å²) in [6.45, 7) is 6.58. The number of thiazole rings is 1. The lowest BCUT2D eigenvalue weighted by Crippen LogP contribution is -2.39. The normalized spacial score (nSPS) is 14.8. The van der Waals surface area contributed by atoms with Gasteiger partial charge in [0, 0.05) is 23.6 Å². The molecule has 1 unspecified atom stereocenters. The number of benzene rings is 2. The lowest BCUT2D eigenvalue weighted by Gasteiger charge is -2.24. The van der Waals surface area contributed by atoms with Crippen molar-refractivity contribution in [3.05, 3.63) is 120 Å². The van der Waals surface area contributed by atoms with Crippen LogP contribution in [-0.4, -0.2) is 23.1 Å². The summed E-state index contributed by atoms with van der Waals surface area (Å²) in [6, 6.07) is 14.3. The molecule has 0 bridgehead atoms. The van der Waals surface area contributed by atoms with Crippen molar-refractivity contribution in [3.8, 4) is 17.1 Å². The number of carbonyl (C=O) groups excluding carboxylic acids is 2. The van der Waals surface area contributed by atoms with Gasteiger partial charge in [-0.25, -0.2) is 9.79 Å². The molecule has 208 valence electrons. The third kappa shape index (κ3) is 5.83. The smallest absolute Gasteiger partial charge is 0.338 e. The van der Waals surface area contributed by atoms with Gasteiger partial charge in [0.05, 0.1) is 26.9 Å².